The van der Waals surface area contributed by atoms with Crippen LogP contribution in [0.4, 0.5) is 8.78 Å². The second kappa shape index (κ2) is 7.51. The zero-order valence-electron chi connectivity index (χ0n) is 14.4. The van der Waals surface area contributed by atoms with Crippen LogP contribution in [0, 0.1) is 0 Å². The molecule has 0 spiro atoms. The largest absolute Gasteiger partial charge is 0.344 e. The fraction of sp³-hybridized carbons (Fsp3) is 0.167. The zero-order valence-corrected chi connectivity index (χ0v) is 14.4. The Morgan fingerprint density at radius 1 is 1.18 bits per heavy atom. The molecule has 0 unspecified atom stereocenters. The highest BCUT2D eigenvalue weighted by Gasteiger charge is 2.21. The molecule has 0 saturated carbocycles. The number of alkyl halides is 2. The van der Waals surface area contributed by atoms with Gasteiger partial charge in [-0.3, -0.25) is 9.78 Å². The van der Waals surface area contributed by atoms with Crippen molar-refractivity contribution in [3.05, 3.63) is 71.9 Å². The van der Waals surface area contributed by atoms with Crippen LogP contribution in [0.3, 0.4) is 0 Å². The van der Waals surface area contributed by atoms with E-state index in [4.69, 9.17) is 4.52 Å². The summed E-state index contributed by atoms with van der Waals surface area (Å²) in [6, 6.07) is 10.3. The lowest BCUT2D eigenvalue weighted by Gasteiger charge is -2.05. The van der Waals surface area contributed by atoms with Crippen LogP contribution in [0.5, 0.6) is 0 Å². The summed E-state index contributed by atoms with van der Waals surface area (Å²) in [4.78, 5) is 24.1. The topological polar surface area (TPSA) is 98.7 Å². The van der Waals surface area contributed by atoms with Gasteiger partial charge in [0.2, 0.25) is 0 Å². The molecule has 0 aliphatic rings. The fourth-order valence-electron chi connectivity index (χ4n) is 2.74. The number of nitrogens with one attached hydrogen (secondary N) is 1. The van der Waals surface area contributed by atoms with Crippen LogP contribution in [0.15, 0.2) is 53.3 Å². The number of pyridine rings is 1. The molecule has 0 bridgehead atoms. The standard InChI is InChI=1S/C18H14F2N6O2/c19-15(20)16-23-12-5-1-2-6-13(12)26(16)10-14-24-18(28-25-14)17(27)22-9-11-4-3-7-21-8-11/h1-8,15H,9-10H2,(H,22,27). The highest BCUT2D eigenvalue weighted by atomic mass is 19.3. The Bertz CT molecular complexity index is 1110. The third-order valence-corrected chi connectivity index (χ3v) is 4.02. The van der Waals surface area contributed by atoms with E-state index in [0.717, 1.165) is 5.56 Å². The van der Waals surface area contributed by atoms with Gasteiger partial charge in [0.05, 0.1) is 17.6 Å². The molecule has 1 N–H and O–H groups in total. The lowest BCUT2D eigenvalue weighted by atomic mass is 10.3. The molecular weight excluding hydrogens is 370 g/mol. The van der Waals surface area contributed by atoms with Crippen molar-refractivity contribution >= 4 is 16.9 Å². The lowest BCUT2D eigenvalue weighted by molar-refractivity contribution is 0.0907. The second-order valence-electron chi connectivity index (χ2n) is 5.91. The number of carbonyl (C=O) groups is 1. The first-order valence-electron chi connectivity index (χ1n) is 8.35. The molecule has 0 aliphatic heterocycles. The van der Waals surface area contributed by atoms with Crippen molar-refractivity contribution in [1.29, 1.82) is 0 Å². The Morgan fingerprint density at radius 3 is 2.82 bits per heavy atom. The smallest absolute Gasteiger partial charge is 0.316 e. The first kappa shape index (κ1) is 17.7. The number of para-hydroxylation sites is 2. The molecule has 28 heavy (non-hydrogen) atoms. The minimum atomic E-state index is -2.76. The van der Waals surface area contributed by atoms with E-state index < -0.39 is 18.2 Å². The number of benzene rings is 1. The van der Waals surface area contributed by atoms with Gasteiger partial charge in [0, 0.05) is 18.9 Å². The van der Waals surface area contributed by atoms with Crippen molar-refractivity contribution < 1.29 is 18.1 Å². The maximum atomic E-state index is 13.3. The molecule has 10 heteroatoms. The first-order valence-corrected chi connectivity index (χ1v) is 8.35. The molecule has 4 rings (SSSR count). The number of hydrogen-bond acceptors (Lipinski definition) is 6. The summed E-state index contributed by atoms with van der Waals surface area (Å²) >= 11 is 0. The third kappa shape index (κ3) is 3.56. The number of amides is 1. The number of nitrogens with zero attached hydrogens (tertiary/aromatic N) is 5. The second-order valence-corrected chi connectivity index (χ2v) is 5.91. The van der Waals surface area contributed by atoms with E-state index in [1.165, 1.54) is 4.57 Å². The normalized spacial score (nSPS) is 11.2. The molecule has 3 heterocycles. The third-order valence-electron chi connectivity index (χ3n) is 4.02. The van der Waals surface area contributed by atoms with Crippen molar-refractivity contribution in [3.8, 4) is 0 Å². The number of aromatic nitrogens is 5. The quantitative estimate of drug-likeness (QED) is 0.549. The van der Waals surface area contributed by atoms with Crippen molar-refractivity contribution in [2.45, 2.75) is 19.5 Å². The van der Waals surface area contributed by atoms with E-state index in [-0.39, 0.29) is 24.8 Å². The van der Waals surface area contributed by atoms with Gasteiger partial charge in [-0.15, -0.1) is 0 Å². The lowest BCUT2D eigenvalue weighted by Crippen LogP contribution is -2.23. The van der Waals surface area contributed by atoms with Crippen LogP contribution in [0.2, 0.25) is 0 Å². The number of carbonyl (C=O) groups excluding carboxylic acids is 1. The summed E-state index contributed by atoms with van der Waals surface area (Å²) < 4.78 is 33.0. The molecule has 8 nitrogen and oxygen atoms in total. The molecule has 0 aliphatic carbocycles. The number of halogens is 2. The van der Waals surface area contributed by atoms with E-state index in [1.807, 2.05) is 6.07 Å². The van der Waals surface area contributed by atoms with Crippen molar-refractivity contribution in [3.63, 3.8) is 0 Å². The maximum absolute atomic E-state index is 13.3. The predicted octanol–water partition coefficient (Wildman–Crippen LogP) is 2.73. The molecule has 4 aromatic rings. The zero-order chi connectivity index (χ0) is 19.5. The molecule has 3 aromatic heterocycles. The van der Waals surface area contributed by atoms with Crippen LogP contribution >= 0.6 is 0 Å². The SMILES string of the molecule is O=C(NCc1cccnc1)c1nc(Cn2c(C(F)F)nc3ccccc32)no1. The van der Waals surface area contributed by atoms with Gasteiger partial charge in [-0.1, -0.05) is 23.4 Å². The highest BCUT2D eigenvalue weighted by Crippen LogP contribution is 2.24. The van der Waals surface area contributed by atoms with Gasteiger partial charge in [-0.25, -0.2) is 13.8 Å². The maximum Gasteiger partial charge on any atom is 0.316 e. The Labute approximate surface area is 157 Å². The van der Waals surface area contributed by atoms with Gasteiger partial charge in [0.15, 0.2) is 11.6 Å². The highest BCUT2D eigenvalue weighted by molar-refractivity contribution is 5.89. The van der Waals surface area contributed by atoms with E-state index in [9.17, 15) is 13.6 Å². The molecule has 142 valence electrons. The van der Waals surface area contributed by atoms with E-state index in [0.29, 0.717) is 11.0 Å². The van der Waals surface area contributed by atoms with E-state index >= 15 is 0 Å². The Hall–Kier alpha value is -3.69. The van der Waals surface area contributed by atoms with Crippen LogP contribution in [0.1, 0.15) is 34.3 Å². The Balaban J connectivity index is 1.51. The van der Waals surface area contributed by atoms with Gasteiger partial charge in [0.25, 0.3) is 6.43 Å². The van der Waals surface area contributed by atoms with Gasteiger partial charge < -0.3 is 14.4 Å². The monoisotopic (exact) mass is 384 g/mol. The molecule has 1 aromatic carbocycles. The average Bonchev–Trinajstić information content (AvgIpc) is 3.33. The summed E-state index contributed by atoms with van der Waals surface area (Å²) in [7, 11) is 0. The molecule has 0 radical (unpaired) electrons. The van der Waals surface area contributed by atoms with Crippen LogP contribution in [-0.4, -0.2) is 30.6 Å². The Kier molecular flexibility index (Phi) is 4.75. The summed E-state index contributed by atoms with van der Waals surface area (Å²) in [6.45, 7) is 0.144. The molecular formula is C18H14F2N6O2. The summed E-state index contributed by atoms with van der Waals surface area (Å²) in [5, 5.41) is 6.35. The predicted molar refractivity (Wildman–Crippen MR) is 93.5 cm³/mol. The van der Waals surface area contributed by atoms with Gasteiger partial charge in [-0.2, -0.15) is 4.98 Å². The molecule has 0 fully saturated rings. The minimum absolute atomic E-state index is 0.0941. The average molecular weight is 384 g/mol. The van der Waals surface area contributed by atoms with Crippen LogP contribution in [0.25, 0.3) is 11.0 Å². The fourth-order valence-corrected chi connectivity index (χ4v) is 2.74. The molecule has 0 atom stereocenters. The summed E-state index contributed by atoms with van der Waals surface area (Å²) in [6.07, 6.45) is 0.486. The van der Waals surface area contributed by atoms with E-state index in [1.54, 1.807) is 42.7 Å². The molecule has 1 amide bonds. The van der Waals surface area contributed by atoms with Crippen molar-refractivity contribution in [2.75, 3.05) is 0 Å². The minimum Gasteiger partial charge on any atom is -0.344 e. The first-order chi connectivity index (χ1) is 13.6. The number of fused-ring (bicyclic) bond motifs is 1. The van der Waals surface area contributed by atoms with Crippen LogP contribution < -0.4 is 5.32 Å². The van der Waals surface area contributed by atoms with Gasteiger partial charge >= 0.3 is 11.8 Å². The van der Waals surface area contributed by atoms with E-state index in [2.05, 4.69) is 25.4 Å². The summed E-state index contributed by atoms with van der Waals surface area (Å²) in [5.41, 5.74) is 1.77. The number of hydrogen-bond donors (Lipinski definition) is 1. The Morgan fingerprint density at radius 2 is 2.04 bits per heavy atom. The molecule has 0 saturated heterocycles. The van der Waals surface area contributed by atoms with Crippen molar-refractivity contribution in [1.82, 2.24) is 30.0 Å². The van der Waals surface area contributed by atoms with Gasteiger partial charge in [0.1, 0.15) is 0 Å². The summed E-state index contributed by atoms with van der Waals surface area (Å²) in [5.74, 6) is -1.11. The number of imidazole rings is 1. The van der Waals surface area contributed by atoms with Crippen molar-refractivity contribution in [2.24, 2.45) is 0 Å². The number of rotatable bonds is 6. The van der Waals surface area contributed by atoms with Gasteiger partial charge in [-0.05, 0) is 23.8 Å². The van der Waals surface area contributed by atoms with Crippen LogP contribution in [-0.2, 0) is 13.1 Å².